The lowest BCUT2D eigenvalue weighted by molar-refractivity contribution is -0.132. The molecule has 1 aromatic carbocycles. The maximum atomic E-state index is 12.7. The Morgan fingerprint density at radius 1 is 1.39 bits per heavy atom. The summed E-state index contributed by atoms with van der Waals surface area (Å²) in [5.41, 5.74) is 9.76. The molecule has 0 aromatic heterocycles. The molecular weight excluding hydrogens is 296 g/mol. The van der Waals surface area contributed by atoms with E-state index in [1.165, 1.54) is 0 Å². The van der Waals surface area contributed by atoms with Gasteiger partial charge in [-0.1, -0.05) is 41.9 Å². The average Bonchev–Trinajstić information content (AvgIpc) is 2.86. The van der Waals surface area contributed by atoms with Crippen LogP contribution in [0.2, 0.25) is 0 Å². The number of hydrogen-bond acceptors (Lipinski definition) is 4. The second-order valence-electron chi connectivity index (χ2n) is 5.97. The van der Waals surface area contributed by atoms with Crippen molar-refractivity contribution in [3.05, 3.63) is 46.3 Å². The summed E-state index contributed by atoms with van der Waals surface area (Å²) in [5.74, 6) is -0.403. The Morgan fingerprint density at radius 3 is 2.74 bits per heavy atom. The van der Waals surface area contributed by atoms with Gasteiger partial charge in [0.05, 0.1) is 6.04 Å². The molecule has 2 amide bonds. The van der Waals surface area contributed by atoms with Crippen molar-refractivity contribution >= 4 is 12.0 Å². The van der Waals surface area contributed by atoms with Gasteiger partial charge < -0.3 is 4.74 Å². The summed E-state index contributed by atoms with van der Waals surface area (Å²) >= 11 is 0. The maximum absolute atomic E-state index is 12.7. The van der Waals surface area contributed by atoms with Gasteiger partial charge in [0.15, 0.2) is 0 Å². The van der Waals surface area contributed by atoms with Crippen molar-refractivity contribution in [2.45, 2.75) is 37.8 Å². The number of hydrogen-bond donors (Lipinski definition) is 0. The van der Waals surface area contributed by atoms with Crippen molar-refractivity contribution in [2.75, 3.05) is 6.61 Å². The Labute approximate surface area is 133 Å². The Hall–Kier alpha value is -2.53. The Kier molecular flexibility index (Phi) is 4.48. The van der Waals surface area contributed by atoms with E-state index >= 15 is 0 Å². The van der Waals surface area contributed by atoms with Gasteiger partial charge in [-0.25, -0.2) is 9.69 Å². The minimum Gasteiger partial charge on any atom is -0.447 e. The third-order valence-corrected chi connectivity index (χ3v) is 4.54. The fourth-order valence-electron chi connectivity index (χ4n) is 3.07. The number of azide groups is 1. The van der Waals surface area contributed by atoms with Gasteiger partial charge in [0, 0.05) is 4.91 Å². The zero-order valence-corrected chi connectivity index (χ0v) is 12.7. The van der Waals surface area contributed by atoms with Crippen LogP contribution in [0.3, 0.4) is 0 Å². The van der Waals surface area contributed by atoms with Crippen LogP contribution < -0.4 is 0 Å². The highest BCUT2D eigenvalue weighted by molar-refractivity contribution is 5.96. The van der Waals surface area contributed by atoms with Crippen LogP contribution in [-0.4, -0.2) is 35.6 Å². The zero-order valence-electron chi connectivity index (χ0n) is 12.7. The molecule has 0 bridgehead atoms. The number of carbonyl (C=O) groups is 2. The molecule has 0 spiro atoms. The first-order chi connectivity index (χ1) is 11.2. The van der Waals surface area contributed by atoms with Crippen LogP contribution in [0.4, 0.5) is 4.79 Å². The van der Waals surface area contributed by atoms with Gasteiger partial charge in [0.2, 0.25) is 5.91 Å². The van der Waals surface area contributed by atoms with Crippen LogP contribution >= 0.6 is 0 Å². The van der Waals surface area contributed by atoms with E-state index in [9.17, 15) is 9.59 Å². The molecule has 23 heavy (non-hydrogen) atoms. The first kappa shape index (κ1) is 15.4. The zero-order chi connectivity index (χ0) is 16.2. The number of amides is 2. The summed E-state index contributed by atoms with van der Waals surface area (Å²) < 4.78 is 5.06. The van der Waals surface area contributed by atoms with Gasteiger partial charge in [-0.15, -0.1) is 0 Å². The normalized spacial score (nSPS) is 22.0. The van der Waals surface area contributed by atoms with E-state index in [0.717, 1.165) is 29.7 Å². The number of rotatable bonds is 5. The Balaban J connectivity index is 1.78. The quantitative estimate of drug-likeness (QED) is 0.474. The fourth-order valence-corrected chi connectivity index (χ4v) is 3.07. The standard InChI is InChI=1S/C16H18N4O3/c17-19-18-14(12-7-4-8-12)15(21)20-13(10-23-16(20)22)9-11-5-2-1-3-6-11/h1-3,5-6,12-14H,4,7-10H2. The monoisotopic (exact) mass is 314 g/mol. The topological polar surface area (TPSA) is 95.4 Å². The number of nitrogens with zero attached hydrogens (tertiary/aromatic N) is 4. The first-order valence-electron chi connectivity index (χ1n) is 7.78. The molecular formula is C16H18N4O3. The fraction of sp³-hybridized carbons (Fsp3) is 0.500. The molecule has 7 heteroatoms. The van der Waals surface area contributed by atoms with Crippen molar-refractivity contribution in [3.63, 3.8) is 0 Å². The molecule has 1 heterocycles. The highest BCUT2D eigenvalue weighted by atomic mass is 16.6. The summed E-state index contributed by atoms with van der Waals surface area (Å²) in [6.07, 6.45) is 2.61. The molecule has 1 saturated carbocycles. The Morgan fingerprint density at radius 2 is 2.13 bits per heavy atom. The van der Waals surface area contributed by atoms with E-state index in [2.05, 4.69) is 10.0 Å². The van der Waals surface area contributed by atoms with E-state index in [-0.39, 0.29) is 18.6 Å². The first-order valence-corrected chi connectivity index (χ1v) is 7.78. The number of ether oxygens (including phenoxy) is 1. The molecule has 120 valence electrons. The molecule has 7 nitrogen and oxygen atoms in total. The molecule has 1 aliphatic heterocycles. The molecule has 1 aliphatic carbocycles. The molecule has 2 atom stereocenters. The van der Waals surface area contributed by atoms with Crippen LogP contribution in [-0.2, 0) is 16.0 Å². The third-order valence-electron chi connectivity index (χ3n) is 4.54. The Bertz CT molecular complexity index is 638. The lowest BCUT2D eigenvalue weighted by Crippen LogP contribution is -2.48. The number of carbonyl (C=O) groups excluding carboxylic acids is 2. The summed E-state index contributed by atoms with van der Waals surface area (Å²) in [6, 6.07) is 8.47. The minimum atomic E-state index is -0.808. The van der Waals surface area contributed by atoms with Gasteiger partial charge >= 0.3 is 6.09 Å². The predicted molar refractivity (Wildman–Crippen MR) is 82.4 cm³/mol. The molecule has 2 unspecified atom stereocenters. The van der Waals surface area contributed by atoms with Gasteiger partial charge in [0.25, 0.3) is 0 Å². The van der Waals surface area contributed by atoms with Gasteiger partial charge in [-0.3, -0.25) is 4.79 Å². The summed E-state index contributed by atoms with van der Waals surface area (Å²) in [6.45, 7) is 0.174. The summed E-state index contributed by atoms with van der Waals surface area (Å²) in [5, 5.41) is 3.65. The highest BCUT2D eigenvalue weighted by Crippen LogP contribution is 2.33. The van der Waals surface area contributed by atoms with Crippen LogP contribution in [0.25, 0.3) is 10.4 Å². The lowest BCUT2D eigenvalue weighted by Gasteiger charge is -2.32. The largest absolute Gasteiger partial charge is 0.447 e. The number of benzene rings is 1. The van der Waals surface area contributed by atoms with Gasteiger partial charge in [0.1, 0.15) is 12.6 Å². The van der Waals surface area contributed by atoms with Gasteiger partial charge in [-0.2, -0.15) is 0 Å². The van der Waals surface area contributed by atoms with E-state index in [4.69, 9.17) is 10.3 Å². The number of cyclic esters (lactones) is 1. The third kappa shape index (κ3) is 3.14. The van der Waals surface area contributed by atoms with E-state index in [0.29, 0.717) is 6.42 Å². The van der Waals surface area contributed by atoms with Crippen molar-refractivity contribution in [1.82, 2.24) is 4.90 Å². The lowest BCUT2D eigenvalue weighted by atomic mass is 9.79. The predicted octanol–water partition coefficient (Wildman–Crippen LogP) is 3.06. The van der Waals surface area contributed by atoms with Crippen molar-refractivity contribution in [1.29, 1.82) is 0 Å². The smallest absolute Gasteiger partial charge is 0.416 e. The second-order valence-corrected chi connectivity index (χ2v) is 5.97. The van der Waals surface area contributed by atoms with Gasteiger partial charge in [-0.05, 0) is 36.3 Å². The number of imide groups is 1. The summed E-state index contributed by atoms with van der Waals surface area (Å²) in [4.78, 5) is 28.7. The minimum absolute atomic E-state index is 0.0316. The maximum Gasteiger partial charge on any atom is 0.416 e. The molecule has 3 rings (SSSR count). The molecule has 0 N–H and O–H groups in total. The van der Waals surface area contributed by atoms with Crippen molar-refractivity contribution in [3.8, 4) is 0 Å². The van der Waals surface area contributed by atoms with Crippen LogP contribution in [0.5, 0.6) is 0 Å². The average molecular weight is 314 g/mol. The molecule has 1 saturated heterocycles. The van der Waals surface area contributed by atoms with Crippen LogP contribution in [0.1, 0.15) is 24.8 Å². The molecule has 0 radical (unpaired) electrons. The second kappa shape index (κ2) is 6.71. The molecule has 1 aromatic rings. The van der Waals surface area contributed by atoms with Crippen LogP contribution in [0.15, 0.2) is 35.4 Å². The van der Waals surface area contributed by atoms with E-state index < -0.39 is 18.0 Å². The van der Waals surface area contributed by atoms with Crippen molar-refractivity contribution < 1.29 is 14.3 Å². The van der Waals surface area contributed by atoms with Crippen LogP contribution in [0, 0.1) is 5.92 Å². The van der Waals surface area contributed by atoms with E-state index in [1.54, 1.807) is 0 Å². The highest BCUT2D eigenvalue weighted by Gasteiger charge is 2.43. The SMILES string of the molecule is [N-]=[N+]=NC(C(=O)N1C(=O)OCC1Cc1ccccc1)C1CCC1. The van der Waals surface area contributed by atoms with E-state index in [1.807, 2.05) is 30.3 Å². The molecule has 2 fully saturated rings. The summed E-state index contributed by atoms with van der Waals surface area (Å²) in [7, 11) is 0. The molecule has 2 aliphatic rings. The van der Waals surface area contributed by atoms with Crippen molar-refractivity contribution in [2.24, 2.45) is 11.0 Å².